The van der Waals surface area contributed by atoms with Crippen molar-refractivity contribution in [3.63, 3.8) is 0 Å². The summed E-state index contributed by atoms with van der Waals surface area (Å²) in [5.74, 6) is -1.33. The molecule has 0 aliphatic heterocycles. The highest BCUT2D eigenvalue weighted by molar-refractivity contribution is 9.10. The molecule has 0 amide bonds. The molecule has 0 atom stereocenters. The second-order valence-corrected chi connectivity index (χ2v) is 8.26. The molecule has 0 aliphatic rings. The number of hydrogen-bond acceptors (Lipinski definition) is 4. The average Bonchev–Trinajstić information content (AvgIpc) is 2.52. The number of anilines is 1. The zero-order valence-corrected chi connectivity index (χ0v) is 16.1. The molecule has 0 aliphatic carbocycles. The van der Waals surface area contributed by atoms with Gasteiger partial charge in [-0.2, -0.15) is 0 Å². The molecule has 0 spiro atoms. The van der Waals surface area contributed by atoms with E-state index in [1.165, 1.54) is 30.3 Å². The summed E-state index contributed by atoms with van der Waals surface area (Å²) in [6.45, 7) is 2.77. The third kappa shape index (κ3) is 5.02. The second-order valence-electron chi connectivity index (χ2n) is 5.48. The number of halogens is 2. The topological polar surface area (TPSA) is 63.7 Å². The van der Waals surface area contributed by atoms with Crippen molar-refractivity contribution < 1.29 is 22.3 Å². The Labute approximate surface area is 154 Å². The minimum absolute atomic E-state index is 0.0164. The van der Waals surface area contributed by atoms with Gasteiger partial charge in [-0.3, -0.25) is 9.10 Å². The number of carbonyl (C=O) groups excluding carboxylic acids is 1. The number of esters is 1. The second kappa shape index (κ2) is 7.97. The van der Waals surface area contributed by atoms with Gasteiger partial charge in [0.25, 0.3) is 10.0 Å². The van der Waals surface area contributed by atoms with Crippen LogP contribution in [-0.4, -0.2) is 27.0 Å². The molecule has 0 heterocycles. The number of sulfonamides is 1. The van der Waals surface area contributed by atoms with Crippen molar-refractivity contribution in [2.75, 3.05) is 10.8 Å². The summed E-state index contributed by atoms with van der Waals surface area (Å²) in [4.78, 5) is 12.0. The van der Waals surface area contributed by atoms with E-state index in [-0.39, 0.29) is 10.6 Å². The first-order valence-corrected chi connectivity index (χ1v) is 9.67. The molecular weight excluding hydrogens is 413 g/mol. The lowest BCUT2D eigenvalue weighted by molar-refractivity contribution is -0.145. The van der Waals surface area contributed by atoms with Crippen LogP contribution in [0.4, 0.5) is 10.1 Å². The van der Waals surface area contributed by atoms with Crippen molar-refractivity contribution in [2.45, 2.75) is 24.8 Å². The molecule has 0 fully saturated rings. The summed E-state index contributed by atoms with van der Waals surface area (Å²) in [7, 11) is -4.07. The van der Waals surface area contributed by atoms with Crippen LogP contribution in [0.1, 0.15) is 13.8 Å². The van der Waals surface area contributed by atoms with Crippen LogP contribution in [0.3, 0.4) is 0 Å². The van der Waals surface area contributed by atoms with Crippen molar-refractivity contribution in [2.24, 2.45) is 0 Å². The smallest absolute Gasteiger partial charge is 0.327 e. The van der Waals surface area contributed by atoms with E-state index in [2.05, 4.69) is 15.9 Å². The molecule has 0 N–H and O–H groups in total. The lowest BCUT2D eigenvalue weighted by atomic mass is 10.3. The van der Waals surface area contributed by atoms with Crippen LogP contribution < -0.4 is 4.31 Å². The van der Waals surface area contributed by atoms with E-state index in [9.17, 15) is 17.6 Å². The van der Waals surface area contributed by atoms with Crippen molar-refractivity contribution >= 4 is 37.6 Å². The van der Waals surface area contributed by atoms with Gasteiger partial charge >= 0.3 is 5.97 Å². The van der Waals surface area contributed by atoms with Crippen LogP contribution in [-0.2, 0) is 19.6 Å². The van der Waals surface area contributed by atoms with Gasteiger partial charge in [0.15, 0.2) is 0 Å². The SMILES string of the molecule is CC(C)OC(=O)CN(c1cccc(F)c1)S(=O)(=O)c1ccc(Br)cc1. The van der Waals surface area contributed by atoms with E-state index in [0.717, 1.165) is 10.4 Å². The maximum absolute atomic E-state index is 13.6. The van der Waals surface area contributed by atoms with Gasteiger partial charge < -0.3 is 4.74 Å². The summed E-state index contributed by atoms with van der Waals surface area (Å²) in [5.41, 5.74) is 0.0450. The van der Waals surface area contributed by atoms with Crippen molar-refractivity contribution in [3.8, 4) is 0 Å². The van der Waals surface area contributed by atoms with Gasteiger partial charge in [-0.15, -0.1) is 0 Å². The molecule has 2 rings (SSSR count). The summed E-state index contributed by atoms with van der Waals surface area (Å²) in [6, 6.07) is 11.0. The Balaban J connectivity index is 2.46. The number of ether oxygens (including phenoxy) is 1. The van der Waals surface area contributed by atoms with E-state index >= 15 is 0 Å². The zero-order valence-electron chi connectivity index (χ0n) is 13.6. The van der Waals surface area contributed by atoms with Crippen LogP contribution in [0.15, 0.2) is 57.9 Å². The van der Waals surface area contributed by atoms with E-state index < -0.39 is 34.5 Å². The molecule has 2 aromatic rings. The number of rotatable bonds is 6. The van der Waals surface area contributed by atoms with Gasteiger partial charge in [-0.1, -0.05) is 22.0 Å². The highest BCUT2D eigenvalue weighted by Gasteiger charge is 2.28. The van der Waals surface area contributed by atoms with Gasteiger partial charge in [-0.05, 0) is 56.3 Å². The Bertz CT molecular complexity index is 853. The summed E-state index contributed by atoms with van der Waals surface area (Å²) in [6.07, 6.45) is -0.391. The standard InChI is InChI=1S/C17H17BrFNO4S/c1-12(2)24-17(21)11-20(15-5-3-4-14(19)10-15)25(22,23)16-8-6-13(18)7-9-16/h3-10,12H,11H2,1-2H3. The lowest BCUT2D eigenvalue weighted by Crippen LogP contribution is -2.37. The lowest BCUT2D eigenvalue weighted by Gasteiger charge is -2.24. The Morgan fingerprint density at radius 2 is 1.84 bits per heavy atom. The van der Waals surface area contributed by atoms with Crippen LogP contribution in [0.25, 0.3) is 0 Å². The fraction of sp³-hybridized carbons (Fsp3) is 0.235. The molecule has 134 valence electrons. The predicted octanol–water partition coefficient (Wildman–Crippen LogP) is 3.74. The normalized spacial score (nSPS) is 11.4. The van der Waals surface area contributed by atoms with E-state index in [1.54, 1.807) is 26.0 Å². The molecule has 0 unspecified atom stereocenters. The quantitative estimate of drug-likeness (QED) is 0.656. The predicted molar refractivity (Wildman–Crippen MR) is 96.3 cm³/mol. The van der Waals surface area contributed by atoms with Crippen LogP contribution in [0.2, 0.25) is 0 Å². The van der Waals surface area contributed by atoms with Gasteiger partial charge in [0.2, 0.25) is 0 Å². The number of nitrogens with zero attached hydrogens (tertiary/aromatic N) is 1. The molecule has 0 saturated carbocycles. The van der Waals surface area contributed by atoms with Crippen LogP contribution in [0.5, 0.6) is 0 Å². The molecule has 0 bridgehead atoms. The van der Waals surface area contributed by atoms with Crippen LogP contribution in [0, 0.1) is 5.82 Å². The minimum Gasteiger partial charge on any atom is -0.462 e. The number of carbonyl (C=O) groups is 1. The maximum atomic E-state index is 13.6. The third-order valence-corrected chi connectivity index (χ3v) is 5.45. The van der Waals surface area contributed by atoms with Crippen molar-refractivity contribution in [1.29, 1.82) is 0 Å². The Kier molecular flexibility index (Phi) is 6.18. The van der Waals surface area contributed by atoms with Gasteiger partial charge in [0, 0.05) is 4.47 Å². The highest BCUT2D eigenvalue weighted by Crippen LogP contribution is 2.25. The number of hydrogen-bond donors (Lipinski definition) is 0. The molecule has 25 heavy (non-hydrogen) atoms. The van der Waals surface area contributed by atoms with Crippen molar-refractivity contribution in [3.05, 3.63) is 58.8 Å². The van der Waals surface area contributed by atoms with Gasteiger partial charge in [-0.25, -0.2) is 12.8 Å². The first-order chi connectivity index (χ1) is 11.7. The average molecular weight is 430 g/mol. The first kappa shape index (κ1) is 19.4. The molecule has 8 heteroatoms. The molecule has 2 aromatic carbocycles. The molecule has 5 nitrogen and oxygen atoms in total. The zero-order chi connectivity index (χ0) is 18.6. The summed E-state index contributed by atoms with van der Waals surface area (Å²) in [5, 5.41) is 0. The Hall–Kier alpha value is -1.93. The molecule has 0 saturated heterocycles. The molecule has 0 aromatic heterocycles. The fourth-order valence-electron chi connectivity index (χ4n) is 2.10. The monoisotopic (exact) mass is 429 g/mol. The Morgan fingerprint density at radius 1 is 1.20 bits per heavy atom. The fourth-order valence-corrected chi connectivity index (χ4v) is 3.76. The summed E-state index contributed by atoms with van der Waals surface area (Å²) >= 11 is 3.24. The van der Waals surface area contributed by atoms with Crippen molar-refractivity contribution in [1.82, 2.24) is 0 Å². The maximum Gasteiger partial charge on any atom is 0.327 e. The van der Waals surface area contributed by atoms with Gasteiger partial charge in [0.05, 0.1) is 16.7 Å². The summed E-state index contributed by atoms with van der Waals surface area (Å²) < 4.78 is 46.1. The number of benzene rings is 2. The first-order valence-electron chi connectivity index (χ1n) is 7.43. The molecular formula is C17H17BrFNO4S. The molecule has 0 radical (unpaired) electrons. The van der Waals surface area contributed by atoms with Gasteiger partial charge in [0.1, 0.15) is 12.4 Å². The van der Waals surface area contributed by atoms with E-state index in [1.807, 2.05) is 0 Å². The largest absolute Gasteiger partial charge is 0.462 e. The third-order valence-electron chi connectivity index (χ3n) is 3.14. The van der Waals surface area contributed by atoms with E-state index in [0.29, 0.717) is 4.47 Å². The van der Waals surface area contributed by atoms with E-state index in [4.69, 9.17) is 4.74 Å². The van der Waals surface area contributed by atoms with Crippen LogP contribution >= 0.6 is 15.9 Å². The Morgan fingerprint density at radius 3 is 2.40 bits per heavy atom. The minimum atomic E-state index is -4.07. The highest BCUT2D eigenvalue weighted by atomic mass is 79.9.